The fourth-order valence-corrected chi connectivity index (χ4v) is 3.53. The smallest absolute Gasteiger partial charge is 0.191 e. The number of halogens is 1. The molecular formula is C22H35IN8O. The third-order valence-corrected chi connectivity index (χ3v) is 5.13. The summed E-state index contributed by atoms with van der Waals surface area (Å²) in [6.07, 6.45) is 4.53. The highest BCUT2D eigenvalue weighted by molar-refractivity contribution is 14.0. The van der Waals surface area contributed by atoms with Gasteiger partial charge >= 0.3 is 0 Å². The average Bonchev–Trinajstić information content (AvgIpc) is 3.37. The van der Waals surface area contributed by atoms with Crippen molar-refractivity contribution in [1.29, 1.82) is 0 Å². The van der Waals surface area contributed by atoms with E-state index in [9.17, 15) is 0 Å². The van der Waals surface area contributed by atoms with E-state index in [1.165, 1.54) is 5.52 Å². The second-order valence-electron chi connectivity index (χ2n) is 7.38. The largest absolute Gasteiger partial charge is 0.385 e. The monoisotopic (exact) mass is 554 g/mol. The van der Waals surface area contributed by atoms with Crippen LogP contribution in [0.2, 0.25) is 0 Å². The standard InChI is InChI=1S/C22H34N8O.HI/c1-4-21-28-26-17-29(21)15-13-25-22(24-12-8-16-31-3)23-11-7-14-30-18(2)27-19-9-5-6-10-20(19)30;/h5-6,9-10,17H,4,7-8,11-16H2,1-3H3,(H2,23,24,25);1H. The quantitative estimate of drug-likeness (QED) is 0.155. The van der Waals surface area contributed by atoms with Crippen molar-refractivity contribution in [3.8, 4) is 0 Å². The number of benzene rings is 1. The maximum atomic E-state index is 5.14. The lowest BCUT2D eigenvalue weighted by Crippen LogP contribution is -2.40. The summed E-state index contributed by atoms with van der Waals surface area (Å²) < 4.78 is 9.48. The van der Waals surface area contributed by atoms with Crippen LogP contribution in [0.1, 0.15) is 31.4 Å². The average molecular weight is 554 g/mol. The van der Waals surface area contributed by atoms with Gasteiger partial charge in [0.1, 0.15) is 18.0 Å². The van der Waals surface area contributed by atoms with E-state index in [0.29, 0.717) is 0 Å². The summed E-state index contributed by atoms with van der Waals surface area (Å²) in [7, 11) is 1.72. The fraction of sp³-hybridized carbons (Fsp3) is 0.545. The molecule has 0 spiro atoms. The lowest BCUT2D eigenvalue weighted by atomic mass is 10.3. The van der Waals surface area contributed by atoms with Gasteiger partial charge in [-0.2, -0.15) is 0 Å². The molecule has 0 aliphatic carbocycles. The Hall–Kier alpha value is -2.21. The van der Waals surface area contributed by atoms with Crippen LogP contribution >= 0.6 is 24.0 Å². The van der Waals surface area contributed by atoms with Gasteiger partial charge in [-0.05, 0) is 31.9 Å². The summed E-state index contributed by atoms with van der Waals surface area (Å²) >= 11 is 0. The van der Waals surface area contributed by atoms with Gasteiger partial charge in [0.2, 0.25) is 0 Å². The Labute approximate surface area is 207 Å². The van der Waals surface area contributed by atoms with Crippen LogP contribution in [0.3, 0.4) is 0 Å². The number of nitrogens with one attached hydrogen (secondary N) is 2. The van der Waals surface area contributed by atoms with Crippen LogP contribution in [-0.4, -0.2) is 63.6 Å². The van der Waals surface area contributed by atoms with Crippen LogP contribution in [0.15, 0.2) is 35.6 Å². The Morgan fingerprint density at radius 3 is 2.75 bits per heavy atom. The molecule has 0 amide bonds. The highest BCUT2D eigenvalue weighted by Crippen LogP contribution is 2.15. The first kappa shape index (κ1) is 26.0. The molecule has 32 heavy (non-hydrogen) atoms. The number of imidazole rings is 1. The van der Waals surface area contributed by atoms with E-state index in [0.717, 1.165) is 81.7 Å². The van der Waals surface area contributed by atoms with Crippen molar-refractivity contribution in [1.82, 2.24) is 34.9 Å². The maximum absolute atomic E-state index is 5.14. The summed E-state index contributed by atoms with van der Waals surface area (Å²) in [4.78, 5) is 9.41. The van der Waals surface area contributed by atoms with Crippen molar-refractivity contribution in [2.45, 2.75) is 46.2 Å². The predicted molar refractivity (Wildman–Crippen MR) is 139 cm³/mol. The second kappa shape index (κ2) is 14.0. The molecule has 176 valence electrons. The lowest BCUT2D eigenvalue weighted by molar-refractivity contribution is 0.195. The van der Waals surface area contributed by atoms with Crippen molar-refractivity contribution in [2.24, 2.45) is 4.99 Å². The number of aliphatic imine (C=N–C) groups is 1. The Morgan fingerprint density at radius 1 is 1.12 bits per heavy atom. The summed E-state index contributed by atoms with van der Waals surface area (Å²) in [5.41, 5.74) is 2.23. The van der Waals surface area contributed by atoms with Gasteiger partial charge in [0, 0.05) is 52.9 Å². The van der Waals surface area contributed by atoms with Gasteiger partial charge in [-0.15, -0.1) is 34.2 Å². The zero-order valence-corrected chi connectivity index (χ0v) is 21.6. The fourth-order valence-electron chi connectivity index (χ4n) is 3.53. The van der Waals surface area contributed by atoms with Crippen molar-refractivity contribution < 1.29 is 4.74 Å². The van der Waals surface area contributed by atoms with Crippen molar-refractivity contribution in [2.75, 3.05) is 33.4 Å². The third-order valence-electron chi connectivity index (χ3n) is 5.13. The number of para-hydroxylation sites is 2. The molecule has 0 fully saturated rings. The van der Waals surface area contributed by atoms with E-state index in [4.69, 9.17) is 9.73 Å². The molecule has 9 nitrogen and oxygen atoms in total. The van der Waals surface area contributed by atoms with Crippen molar-refractivity contribution in [3.05, 3.63) is 42.2 Å². The molecule has 2 aromatic heterocycles. The van der Waals surface area contributed by atoms with Gasteiger partial charge in [0.05, 0.1) is 11.0 Å². The normalized spacial score (nSPS) is 11.5. The number of aromatic nitrogens is 5. The van der Waals surface area contributed by atoms with Crippen LogP contribution in [0.25, 0.3) is 11.0 Å². The van der Waals surface area contributed by atoms with Gasteiger partial charge < -0.3 is 24.5 Å². The van der Waals surface area contributed by atoms with Crippen molar-refractivity contribution >= 4 is 41.0 Å². The molecule has 0 aliphatic heterocycles. The van der Waals surface area contributed by atoms with Crippen LogP contribution in [-0.2, 0) is 24.2 Å². The van der Waals surface area contributed by atoms with Gasteiger partial charge in [-0.25, -0.2) is 4.98 Å². The lowest BCUT2D eigenvalue weighted by Gasteiger charge is -2.13. The van der Waals surface area contributed by atoms with Crippen LogP contribution < -0.4 is 10.6 Å². The number of rotatable bonds is 12. The first-order valence-electron chi connectivity index (χ1n) is 11.0. The van der Waals surface area contributed by atoms with Gasteiger partial charge in [-0.1, -0.05) is 19.1 Å². The zero-order chi connectivity index (χ0) is 21.9. The number of hydrogen-bond donors (Lipinski definition) is 2. The summed E-state index contributed by atoms with van der Waals surface area (Å²) in [5, 5.41) is 14.9. The first-order chi connectivity index (χ1) is 15.2. The number of aryl methyl sites for hydroxylation is 3. The molecule has 0 unspecified atom stereocenters. The highest BCUT2D eigenvalue weighted by atomic mass is 127. The second-order valence-corrected chi connectivity index (χ2v) is 7.38. The molecule has 2 N–H and O–H groups in total. The highest BCUT2D eigenvalue weighted by Gasteiger charge is 2.06. The first-order valence-corrected chi connectivity index (χ1v) is 11.0. The SMILES string of the molecule is CCc1nncn1CCNC(=NCCCn1c(C)nc2ccccc21)NCCCOC.I. The molecule has 0 atom stereocenters. The number of hydrogen-bond acceptors (Lipinski definition) is 5. The van der Waals surface area contributed by atoms with E-state index in [1.807, 2.05) is 6.07 Å². The molecular weight excluding hydrogens is 519 g/mol. The molecule has 1 aromatic carbocycles. The van der Waals surface area contributed by atoms with Gasteiger partial charge in [0.25, 0.3) is 0 Å². The Bertz CT molecular complexity index is 968. The third kappa shape index (κ3) is 7.44. The summed E-state index contributed by atoms with van der Waals surface area (Å²) in [6, 6.07) is 8.27. The Balaban J connectivity index is 0.00000363. The molecule has 0 bridgehead atoms. The molecule has 0 saturated carbocycles. The number of methoxy groups -OCH3 is 1. The summed E-state index contributed by atoms with van der Waals surface area (Å²) in [5.74, 6) is 2.87. The van der Waals surface area contributed by atoms with E-state index in [1.54, 1.807) is 13.4 Å². The number of guanidine groups is 1. The maximum Gasteiger partial charge on any atom is 0.191 e. The van der Waals surface area contributed by atoms with E-state index in [2.05, 4.69) is 67.0 Å². The minimum Gasteiger partial charge on any atom is -0.385 e. The number of fused-ring (bicyclic) bond motifs is 1. The number of nitrogens with zero attached hydrogens (tertiary/aromatic N) is 6. The number of ether oxygens (including phenoxy) is 1. The van der Waals surface area contributed by atoms with Crippen LogP contribution in [0.4, 0.5) is 0 Å². The van der Waals surface area contributed by atoms with E-state index < -0.39 is 0 Å². The van der Waals surface area contributed by atoms with Crippen molar-refractivity contribution in [3.63, 3.8) is 0 Å². The molecule has 0 radical (unpaired) electrons. The van der Waals surface area contributed by atoms with Crippen LogP contribution in [0.5, 0.6) is 0 Å². The topological polar surface area (TPSA) is 94.2 Å². The molecule has 3 aromatic rings. The molecule has 3 rings (SSSR count). The Kier molecular flexibility index (Phi) is 11.4. The summed E-state index contributed by atoms with van der Waals surface area (Å²) in [6.45, 7) is 8.88. The van der Waals surface area contributed by atoms with E-state index >= 15 is 0 Å². The molecule has 0 aliphatic rings. The molecule has 0 saturated heterocycles. The minimum absolute atomic E-state index is 0. The zero-order valence-electron chi connectivity index (χ0n) is 19.3. The van der Waals surface area contributed by atoms with Crippen LogP contribution in [0, 0.1) is 6.92 Å². The van der Waals surface area contributed by atoms with Gasteiger partial charge in [0.15, 0.2) is 5.96 Å². The van der Waals surface area contributed by atoms with Gasteiger partial charge in [-0.3, -0.25) is 4.99 Å². The predicted octanol–water partition coefficient (Wildman–Crippen LogP) is 2.78. The minimum atomic E-state index is 0. The molecule has 2 heterocycles. The molecule has 10 heteroatoms. The Morgan fingerprint density at radius 2 is 1.94 bits per heavy atom. The van der Waals surface area contributed by atoms with E-state index in [-0.39, 0.29) is 24.0 Å².